The first-order chi connectivity index (χ1) is 8.39. The summed E-state index contributed by atoms with van der Waals surface area (Å²) >= 11 is 1.81. The molecule has 0 bridgehead atoms. The summed E-state index contributed by atoms with van der Waals surface area (Å²) < 4.78 is 42.6. The molecule has 0 aliphatic heterocycles. The number of thioether (sulfide) groups is 1. The summed E-state index contributed by atoms with van der Waals surface area (Å²) in [5, 5.41) is 0.568. The SMILES string of the molecule is CC(C)SCCCOc1cccc(C(F)(F)F)c1. The maximum atomic E-state index is 12.4. The predicted molar refractivity (Wildman–Crippen MR) is 69.2 cm³/mol. The van der Waals surface area contributed by atoms with E-state index in [2.05, 4.69) is 13.8 Å². The molecule has 0 saturated carbocycles. The van der Waals surface area contributed by atoms with E-state index in [1.807, 2.05) is 11.8 Å². The largest absolute Gasteiger partial charge is 0.494 e. The third-order valence-electron chi connectivity index (χ3n) is 2.17. The number of hydrogen-bond donors (Lipinski definition) is 0. The molecule has 0 spiro atoms. The molecule has 18 heavy (non-hydrogen) atoms. The third-order valence-corrected chi connectivity index (χ3v) is 3.36. The summed E-state index contributed by atoms with van der Waals surface area (Å²) in [5.41, 5.74) is -0.670. The smallest absolute Gasteiger partial charge is 0.416 e. The van der Waals surface area contributed by atoms with Gasteiger partial charge in [0.2, 0.25) is 0 Å². The van der Waals surface area contributed by atoms with Crippen LogP contribution in [0.5, 0.6) is 5.75 Å². The van der Waals surface area contributed by atoms with Gasteiger partial charge in [0.1, 0.15) is 5.75 Å². The standard InChI is InChI=1S/C13H17F3OS/c1-10(2)18-8-4-7-17-12-6-3-5-11(9-12)13(14,15)16/h3,5-6,9-10H,4,7-8H2,1-2H3. The van der Waals surface area contributed by atoms with E-state index in [9.17, 15) is 13.2 Å². The molecule has 0 amide bonds. The fraction of sp³-hybridized carbons (Fsp3) is 0.538. The van der Waals surface area contributed by atoms with E-state index in [1.54, 1.807) is 6.07 Å². The molecule has 0 heterocycles. The number of alkyl halides is 3. The second-order valence-corrected chi connectivity index (χ2v) is 5.83. The minimum atomic E-state index is -4.31. The van der Waals surface area contributed by atoms with Gasteiger partial charge in [0.15, 0.2) is 0 Å². The van der Waals surface area contributed by atoms with E-state index >= 15 is 0 Å². The number of rotatable bonds is 6. The molecule has 1 aromatic rings. The molecule has 0 atom stereocenters. The first-order valence-electron chi connectivity index (χ1n) is 5.81. The fourth-order valence-corrected chi connectivity index (χ4v) is 2.09. The predicted octanol–water partition coefficient (Wildman–Crippen LogP) is 4.62. The second kappa shape index (κ2) is 6.92. The van der Waals surface area contributed by atoms with Crippen molar-refractivity contribution in [1.29, 1.82) is 0 Å². The zero-order valence-electron chi connectivity index (χ0n) is 10.5. The Labute approximate surface area is 110 Å². The van der Waals surface area contributed by atoms with Gasteiger partial charge in [-0.05, 0) is 35.6 Å². The molecule has 0 aliphatic rings. The van der Waals surface area contributed by atoms with Gasteiger partial charge in [-0.3, -0.25) is 0 Å². The van der Waals surface area contributed by atoms with Gasteiger partial charge in [0.05, 0.1) is 12.2 Å². The van der Waals surface area contributed by atoms with Crippen molar-refractivity contribution in [2.75, 3.05) is 12.4 Å². The first-order valence-corrected chi connectivity index (χ1v) is 6.86. The lowest BCUT2D eigenvalue weighted by atomic mass is 10.2. The van der Waals surface area contributed by atoms with Crippen molar-refractivity contribution in [2.45, 2.75) is 31.7 Å². The van der Waals surface area contributed by atoms with Crippen LogP contribution in [0.15, 0.2) is 24.3 Å². The lowest BCUT2D eigenvalue weighted by molar-refractivity contribution is -0.137. The van der Waals surface area contributed by atoms with Crippen molar-refractivity contribution in [3.8, 4) is 5.75 Å². The van der Waals surface area contributed by atoms with Crippen LogP contribution in [-0.2, 0) is 6.18 Å². The molecule has 0 N–H and O–H groups in total. The van der Waals surface area contributed by atoms with Crippen LogP contribution in [0.3, 0.4) is 0 Å². The molecule has 0 saturated heterocycles. The molecule has 1 rings (SSSR count). The Morgan fingerprint density at radius 3 is 2.61 bits per heavy atom. The Balaban J connectivity index is 2.39. The Bertz CT molecular complexity index is 363. The van der Waals surface area contributed by atoms with Crippen LogP contribution in [0.4, 0.5) is 13.2 Å². The topological polar surface area (TPSA) is 9.23 Å². The van der Waals surface area contributed by atoms with Gasteiger partial charge in [-0.25, -0.2) is 0 Å². The van der Waals surface area contributed by atoms with E-state index in [1.165, 1.54) is 6.07 Å². The number of halogens is 3. The first kappa shape index (κ1) is 15.2. The molecular weight excluding hydrogens is 261 g/mol. The van der Waals surface area contributed by atoms with E-state index in [-0.39, 0.29) is 5.75 Å². The summed E-state index contributed by atoms with van der Waals surface area (Å²) in [4.78, 5) is 0. The highest BCUT2D eigenvalue weighted by Crippen LogP contribution is 2.31. The summed E-state index contributed by atoms with van der Waals surface area (Å²) in [5.74, 6) is 1.23. The fourth-order valence-electron chi connectivity index (χ4n) is 1.33. The monoisotopic (exact) mass is 278 g/mol. The van der Waals surface area contributed by atoms with Gasteiger partial charge in [-0.15, -0.1) is 0 Å². The van der Waals surface area contributed by atoms with Crippen LogP contribution < -0.4 is 4.74 Å². The van der Waals surface area contributed by atoms with Crippen molar-refractivity contribution < 1.29 is 17.9 Å². The Hall–Kier alpha value is -0.840. The van der Waals surface area contributed by atoms with Crippen LogP contribution in [0.2, 0.25) is 0 Å². The van der Waals surface area contributed by atoms with E-state index in [4.69, 9.17) is 4.74 Å². The van der Waals surface area contributed by atoms with Crippen LogP contribution >= 0.6 is 11.8 Å². The highest BCUT2D eigenvalue weighted by atomic mass is 32.2. The van der Waals surface area contributed by atoms with Crippen molar-refractivity contribution in [3.05, 3.63) is 29.8 Å². The summed E-state index contributed by atoms with van der Waals surface area (Å²) in [6, 6.07) is 4.99. The number of ether oxygens (including phenoxy) is 1. The van der Waals surface area contributed by atoms with Crippen molar-refractivity contribution in [1.82, 2.24) is 0 Å². The van der Waals surface area contributed by atoms with Gasteiger partial charge in [-0.2, -0.15) is 24.9 Å². The lowest BCUT2D eigenvalue weighted by Gasteiger charge is -2.10. The average Bonchev–Trinajstić information content (AvgIpc) is 2.27. The molecule has 0 unspecified atom stereocenters. The molecule has 0 radical (unpaired) electrons. The summed E-state index contributed by atoms with van der Waals surface area (Å²) in [6.45, 7) is 4.66. The quantitative estimate of drug-likeness (QED) is 0.702. The van der Waals surface area contributed by atoms with Crippen LogP contribution in [0.1, 0.15) is 25.8 Å². The van der Waals surface area contributed by atoms with E-state index < -0.39 is 11.7 Å². The zero-order valence-corrected chi connectivity index (χ0v) is 11.3. The Morgan fingerprint density at radius 1 is 1.28 bits per heavy atom. The minimum Gasteiger partial charge on any atom is -0.494 e. The molecule has 0 aliphatic carbocycles. The van der Waals surface area contributed by atoms with E-state index in [0.29, 0.717) is 11.9 Å². The maximum absolute atomic E-state index is 12.4. The molecule has 1 nitrogen and oxygen atoms in total. The third kappa shape index (κ3) is 5.67. The van der Waals surface area contributed by atoms with Gasteiger partial charge in [0.25, 0.3) is 0 Å². The Morgan fingerprint density at radius 2 is 2.00 bits per heavy atom. The molecular formula is C13H17F3OS. The van der Waals surface area contributed by atoms with Crippen molar-refractivity contribution in [2.24, 2.45) is 0 Å². The van der Waals surface area contributed by atoms with Crippen LogP contribution in [-0.4, -0.2) is 17.6 Å². The maximum Gasteiger partial charge on any atom is 0.416 e. The molecule has 5 heteroatoms. The molecule has 102 valence electrons. The van der Waals surface area contributed by atoms with Gasteiger partial charge < -0.3 is 4.74 Å². The highest BCUT2D eigenvalue weighted by Gasteiger charge is 2.30. The Kier molecular flexibility index (Phi) is 5.85. The average molecular weight is 278 g/mol. The van der Waals surface area contributed by atoms with Crippen LogP contribution in [0.25, 0.3) is 0 Å². The summed E-state index contributed by atoms with van der Waals surface area (Å²) in [6.07, 6.45) is -3.48. The zero-order chi connectivity index (χ0) is 13.6. The van der Waals surface area contributed by atoms with Crippen molar-refractivity contribution >= 4 is 11.8 Å². The molecule has 0 fully saturated rings. The molecule has 0 aromatic heterocycles. The van der Waals surface area contributed by atoms with Gasteiger partial charge in [0, 0.05) is 0 Å². The minimum absolute atomic E-state index is 0.277. The molecule has 1 aromatic carbocycles. The number of hydrogen-bond acceptors (Lipinski definition) is 2. The van der Waals surface area contributed by atoms with Gasteiger partial charge in [-0.1, -0.05) is 19.9 Å². The van der Waals surface area contributed by atoms with E-state index in [0.717, 1.165) is 24.3 Å². The number of benzene rings is 1. The van der Waals surface area contributed by atoms with Gasteiger partial charge >= 0.3 is 6.18 Å². The lowest BCUT2D eigenvalue weighted by Crippen LogP contribution is -2.06. The highest BCUT2D eigenvalue weighted by molar-refractivity contribution is 7.99. The van der Waals surface area contributed by atoms with Crippen molar-refractivity contribution in [3.63, 3.8) is 0 Å². The van der Waals surface area contributed by atoms with Crippen LogP contribution in [0, 0.1) is 0 Å². The second-order valence-electron chi connectivity index (χ2n) is 4.15. The summed E-state index contributed by atoms with van der Waals surface area (Å²) in [7, 11) is 0. The normalized spacial score (nSPS) is 11.9.